The summed E-state index contributed by atoms with van der Waals surface area (Å²) in [5.74, 6) is 0.707. The van der Waals surface area contributed by atoms with Crippen molar-refractivity contribution >= 4 is 11.6 Å². The van der Waals surface area contributed by atoms with E-state index in [2.05, 4.69) is 19.9 Å². The molecule has 0 heterocycles. The van der Waals surface area contributed by atoms with Gasteiger partial charge in [-0.3, -0.25) is 9.59 Å². The van der Waals surface area contributed by atoms with Crippen LogP contribution in [0.1, 0.15) is 40.0 Å². The molecule has 16 heavy (non-hydrogen) atoms. The Morgan fingerprint density at radius 3 is 2.75 bits per heavy atom. The molecule has 0 amide bonds. The van der Waals surface area contributed by atoms with Crippen molar-refractivity contribution in [1.29, 1.82) is 0 Å². The third-order valence-electron chi connectivity index (χ3n) is 4.15. The van der Waals surface area contributed by atoms with Gasteiger partial charge in [-0.25, -0.2) is 0 Å². The zero-order valence-corrected chi connectivity index (χ0v) is 10.2. The van der Waals surface area contributed by atoms with Gasteiger partial charge in [-0.15, -0.1) is 0 Å². The molecule has 2 aliphatic rings. The first-order chi connectivity index (χ1) is 7.43. The highest BCUT2D eigenvalue weighted by Crippen LogP contribution is 2.48. The fourth-order valence-electron chi connectivity index (χ4n) is 2.80. The lowest BCUT2D eigenvalue weighted by atomic mass is 9.62. The van der Waals surface area contributed by atoms with E-state index >= 15 is 0 Å². The van der Waals surface area contributed by atoms with Gasteiger partial charge in [0, 0.05) is 11.8 Å². The van der Waals surface area contributed by atoms with Crippen molar-refractivity contribution in [1.82, 2.24) is 0 Å². The Hall–Kier alpha value is -1.18. The van der Waals surface area contributed by atoms with E-state index in [1.165, 1.54) is 5.57 Å². The highest BCUT2D eigenvalue weighted by atomic mass is 16.1. The van der Waals surface area contributed by atoms with Crippen molar-refractivity contribution in [3.05, 3.63) is 23.3 Å². The number of carbonyl (C=O) groups excluding carboxylic acids is 2. The molecule has 2 aliphatic carbocycles. The molecule has 0 bridgehead atoms. The van der Waals surface area contributed by atoms with Crippen molar-refractivity contribution in [3.8, 4) is 0 Å². The molecule has 2 heteroatoms. The van der Waals surface area contributed by atoms with Gasteiger partial charge in [-0.2, -0.15) is 0 Å². The summed E-state index contributed by atoms with van der Waals surface area (Å²) in [6.45, 7) is 5.88. The van der Waals surface area contributed by atoms with Gasteiger partial charge in [-0.1, -0.05) is 25.5 Å². The number of allylic oxidation sites excluding steroid dienone is 4. The molecule has 0 radical (unpaired) electrons. The fraction of sp³-hybridized carbons (Fsp3) is 0.571. The van der Waals surface area contributed by atoms with E-state index < -0.39 is 0 Å². The van der Waals surface area contributed by atoms with Crippen molar-refractivity contribution in [2.45, 2.75) is 40.0 Å². The van der Waals surface area contributed by atoms with Gasteiger partial charge in [-0.05, 0) is 37.3 Å². The maximum Gasteiger partial charge on any atom is 0.155 e. The highest BCUT2D eigenvalue weighted by Gasteiger charge is 2.40. The molecule has 0 fully saturated rings. The highest BCUT2D eigenvalue weighted by molar-refractivity contribution is 5.95. The summed E-state index contributed by atoms with van der Waals surface area (Å²) in [5.41, 5.74) is 2.06. The molecule has 2 nitrogen and oxygen atoms in total. The van der Waals surface area contributed by atoms with Crippen LogP contribution >= 0.6 is 0 Å². The van der Waals surface area contributed by atoms with Crippen LogP contribution in [-0.4, -0.2) is 11.6 Å². The molecule has 0 N–H and O–H groups in total. The van der Waals surface area contributed by atoms with Crippen LogP contribution in [0.25, 0.3) is 0 Å². The third kappa shape index (κ3) is 1.66. The predicted octanol–water partition coefficient (Wildman–Crippen LogP) is 2.84. The maximum absolute atomic E-state index is 11.5. The molecule has 2 atom stereocenters. The average Bonchev–Trinajstić information content (AvgIpc) is 2.19. The molecule has 0 aromatic heterocycles. The molecule has 0 spiro atoms. The van der Waals surface area contributed by atoms with Gasteiger partial charge in [0.25, 0.3) is 0 Å². The number of fused-ring (bicyclic) bond motifs is 1. The number of rotatable bonds is 1. The minimum absolute atomic E-state index is 0.0762. The normalized spacial score (nSPS) is 33.9. The Morgan fingerprint density at radius 2 is 2.12 bits per heavy atom. The molecular weight excluding hydrogens is 200 g/mol. The second kappa shape index (κ2) is 3.69. The quantitative estimate of drug-likeness (QED) is 0.678. The number of hydrogen-bond donors (Lipinski definition) is 0. The van der Waals surface area contributed by atoms with Gasteiger partial charge >= 0.3 is 0 Å². The van der Waals surface area contributed by atoms with Crippen LogP contribution in [0.5, 0.6) is 0 Å². The predicted molar refractivity (Wildman–Crippen MR) is 63.0 cm³/mol. The van der Waals surface area contributed by atoms with E-state index in [-0.39, 0.29) is 17.0 Å². The lowest BCUT2D eigenvalue weighted by Crippen LogP contribution is -2.34. The van der Waals surface area contributed by atoms with Crippen molar-refractivity contribution < 1.29 is 9.59 Å². The summed E-state index contributed by atoms with van der Waals surface area (Å²) in [4.78, 5) is 23.0. The first-order valence-electron chi connectivity index (χ1n) is 5.90. The molecule has 86 valence electrons. The molecule has 0 aromatic carbocycles. The Kier molecular flexibility index (Phi) is 2.61. The largest absolute Gasteiger partial charge is 0.295 e. The topological polar surface area (TPSA) is 34.1 Å². The summed E-state index contributed by atoms with van der Waals surface area (Å²) >= 11 is 0. The van der Waals surface area contributed by atoms with Crippen LogP contribution in [0.15, 0.2) is 23.3 Å². The van der Waals surface area contributed by atoms with Gasteiger partial charge in [0.05, 0.1) is 0 Å². The molecule has 0 saturated heterocycles. The Bertz CT molecular complexity index is 414. The lowest BCUT2D eigenvalue weighted by Gasteiger charge is -2.41. The second-order valence-corrected chi connectivity index (χ2v) is 5.25. The van der Waals surface area contributed by atoms with E-state index in [9.17, 15) is 9.59 Å². The van der Waals surface area contributed by atoms with Gasteiger partial charge in [0.15, 0.2) is 11.6 Å². The van der Waals surface area contributed by atoms with E-state index in [1.807, 2.05) is 0 Å². The first-order valence-corrected chi connectivity index (χ1v) is 5.90. The third-order valence-corrected chi connectivity index (χ3v) is 4.15. The van der Waals surface area contributed by atoms with Crippen molar-refractivity contribution in [2.75, 3.05) is 0 Å². The molecule has 0 aliphatic heterocycles. The van der Waals surface area contributed by atoms with E-state index in [0.717, 1.165) is 18.4 Å². The summed E-state index contributed by atoms with van der Waals surface area (Å²) in [6, 6.07) is 0. The van der Waals surface area contributed by atoms with Gasteiger partial charge < -0.3 is 0 Å². The average molecular weight is 218 g/mol. The van der Waals surface area contributed by atoms with E-state index in [1.54, 1.807) is 13.0 Å². The second-order valence-electron chi connectivity index (χ2n) is 5.25. The Labute approximate surface area is 96.4 Å². The summed E-state index contributed by atoms with van der Waals surface area (Å²) in [6.07, 6.45) is 6.14. The van der Waals surface area contributed by atoms with E-state index in [0.29, 0.717) is 12.3 Å². The maximum atomic E-state index is 11.5. The van der Waals surface area contributed by atoms with E-state index in [4.69, 9.17) is 0 Å². The Balaban J connectivity index is 2.46. The van der Waals surface area contributed by atoms with Gasteiger partial charge in [0.2, 0.25) is 0 Å². The number of carbonyl (C=O) groups is 2. The molecule has 0 saturated carbocycles. The number of ketones is 2. The minimum atomic E-state index is -0.0762. The van der Waals surface area contributed by atoms with Crippen LogP contribution in [0.2, 0.25) is 0 Å². The first kappa shape index (κ1) is 11.3. The van der Waals surface area contributed by atoms with Crippen LogP contribution in [0.3, 0.4) is 0 Å². The minimum Gasteiger partial charge on any atom is -0.295 e. The van der Waals surface area contributed by atoms with Crippen LogP contribution in [0.4, 0.5) is 0 Å². The van der Waals surface area contributed by atoms with Crippen molar-refractivity contribution in [3.63, 3.8) is 0 Å². The zero-order valence-electron chi connectivity index (χ0n) is 10.2. The van der Waals surface area contributed by atoms with Crippen LogP contribution < -0.4 is 0 Å². The van der Waals surface area contributed by atoms with Crippen LogP contribution in [-0.2, 0) is 9.59 Å². The number of hydrogen-bond acceptors (Lipinski definition) is 2. The van der Waals surface area contributed by atoms with Gasteiger partial charge in [0.1, 0.15) is 0 Å². The smallest absolute Gasteiger partial charge is 0.155 e. The zero-order chi connectivity index (χ0) is 11.9. The lowest BCUT2D eigenvalue weighted by molar-refractivity contribution is -0.116. The molecular formula is C14H18O2. The monoisotopic (exact) mass is 218 g/mol. The molecule has 2 rings (SSSR count). The summed E-state index contributed by atoms with van der Waals surface area (Å²) in [5, 5.41) is 0. The number of Topliss-reactive ketones (excluding diaryl/α,β-unsaturated/α-hetero) is 1. The summed E-state index contributed by atoms with van der Waals surface area (Å²) < 4.78 is 0. The SMILES string of the molecule is CC(=O)C1=C[C@]2(C)C(=CC(=O)C[C@H]2C)CC1. The van der Waals surface area contributed by atoms with Crippen molar-refractivity contribution in [2.24, 2.45) is 11.3 Å². The Morgan fingerprint density at radius 1 is 1.44 bits per heavy atom. The molecule has 0 aromatic rings. The summed E-state index contributed by atoms with van der Waals surface area (Å²) in [7, 11) is 0. The fourth-order valence-corrected chi connectivity index (χ4v) is 2.80. The molecule has 0 unspecified atom stereocenters. The standard InChI is InChI=1S/C14H18O2/c1-9-6-13(16)7-12-5-4-11(10(2)15)8-14(9,12)3/h7-9H,4-6H2,1-3H3/t9-,14+/m1/s1. The van der Waals surface area contributed by atoms with Crippen LogP contribution in [0, 0.1) is 11.3 Å².